The average molecular weight is 418 g/mol. The average Bonchev–Trinajstić information content (AvgIpc) is 2.58. The van der Waals surface area contributed by atoms with Crippen LogP contribution in [0.1, 0.15) is 5.56 Å². The first kappa shape index (κ1) is 18.8. The molecule has 1 amide bonds. The quantitative estimate of drug-likeness (QED) is 0.398. The molecule has 0 radical (unpaired) electrons. The molecule has 0 saturated heterocycles. The van der Waals surface area contributed by atoms with E-state index >= 15 is 0 Å². The van der Waals surface area contributed by atoms with Gasteiger partial charge in [0.1, 0.15) is 24.0 Å². The number of anilines is 1. The topological polar surface area (TPSA) is 62.1 Å². The van der Waals surface area contributed by atoms with Crippen LogP contribution in [-0.2, 0) is 4.79 Å². The number of nitrogens with zero attached hydrogens (tertiary/aromatic N) is 1. The summed E-state index contributed by atoms with van der Waals surface area (Å²) < 4.78 is 6.36. The fourth-order valence-corrected chi connectivity index (χ4v) is 2.55. The number of hydrogen-bond acceptors (Lipinski definition) is 3. The van der Waals surface area contributed by atoms with Gasteiger partial charge in [-0.1, -0.05) is 46.3 Å². The van der Waals surface area contributed by atoms with Gasteiger partial charge in [-0.2, -0.15) is 5.26 Å². The van der Waals surface area contributed by atoms with Crippen molar-refractivity contribution in [2.45, 2.75) is 0 Å². The monoisotopic (exact) mass is 416 g/mol. The molecule has 0 bridgehead atoms. The van der Waals surface area contributed by atoms with Gasteiger partial charge in [0, 0.05) is 20.7 Å². The van der Waals surface area contributed by atoms with E-state index in [4.69, 9.17) is 16.3 Å². The van der Waals surface area contributed by atoms with E-state index in [9.17, 15) is 10.1 Å². The molecule has 2 rings (SSSR count). The van der Waals surface area contributed by atoms with Crippen LogP contribution in [0, 0.1) is 11.3 Å². The molecule has 0 aliphatic carbocycles. The Morgan fingerprint density at radius 3 is 2.84 bits per heavy atom. The third-order valence-corrected chi connectivity index (χ3v) is 3.80. The van der Waals surface area contributed by atoms with Crippen molar-refractivity contribution in [1.29, 1.82) is 5.26 Å². The van der Waals surface area contributed by atoms with E-state index in [0.29, 0.717) is 28.6 Å². The van der Waals surface area contributed by atoms with Crippen LogP contribution in [0.3, 0.4) is 0 Å². The third-order valence-electron chi connectivity index (χ3n) is 3.08. The summed E-state index contributed by atoms with van der Waals surface area (Å²) in [7, 11) is 0. The highest BCUT2D eigenvalue weighted by Gasteiger charge is 2.12. The highest BCUT2D eigenvalue weighted by molar-refractivity contribution is 9.10. The van der Waals surface area contributed by atoms with Gasteiger partial charge in [0.15, 0.2) is 0 Å². The Labute approximate surface area is 159 Å². The van der Waals surface area contributed by atoms with E-state index in [2.05, 4.69) is 27.8 Å². The Morgan fingerprint density at radius 1 is 1.36 bits per heavy atom. The lowest BCUT2D eigenvalue weighted by Gasteiger charge is -2.09. The molecule has 4 nitrogen and oxygen atoms in total. The van der Waals surface area contributed by atoms with Gasteiger partial charge in [-0.05, 0) is 42.5 Å². The number of carbonyl (C=O) groups is 1. The third kappa shape index (κ3) is 5.49. The number of nitrogens with one attached hydrogen (secondary N) is 1. The molecular formula is C19H14BrClN2O2. The zero-order chi connectivity index (χ0) is 18.2. The van der Waals surface area contributed by atoms with Crippen molar-refractivity contribution in [3.05, 3.63) is 75.8 Å². The molecular weight excluding hydrogens is 404 g/mol. The minimum Gasteiger partial charge on any atom is -0.489 e. The number of ether oxygens (including phenoxy) is 1. The molecule has 0 unspecified atom stereocenters. The van der Waals surface area contributed by atoms with E-state index in [1.165, 1.54) is 6.08 Å². The summed E-state index contributed by atoms with van der Waals surface area (Å²) in [4.78, 5) is 12.4. The molecule has 0 aromatic heterocycles. The summed E-state index contributed by atoms with van der Waals surface area (Å²) in [6.07, 6.45) is 3.09. The number of nitriles is 1. The summed E-state index contributed by atoms with van der Waals surface area (Å²) in [5.41, 5.74) is 1.06. The molecule has 0 aliphatic rings. The zero-order valence-electron chi connectivity index (χ0n) is 13.1. The highest BCUT2D eigenvalue weighted by atomic mass is 79.9. The number of benzene rings is 2. The molecule has 0 heterocycles. The Hall–Kier alpha value is -2.55. The van der Waals surface area contributed by atoms with Crippen molar-refractivity contribution in [1.82, 2.24) is 0 Å². The maximum Gasteiger partial charge on any atom is 0.266 e. The molecule has 0 aliphatic heterocycles. The van der Waals surface area contributed by atoms with Crippen molar-refractivity contribution in [2.75, 3.05) is 11.9 Å². The molecule has 0 saturated carbocycles. The first-order chi connectivity index (χ1) is 12.0. The number of amides is 1. The van der Waals surface area contributed by atoms with Gasteiger partial charge in [-0.25, -0.2) is 0 Å². The second-order valence-corrected chi connectivity index (χ2v) is 6.27. The largest absolute Gasteiger partial charge is 0.489 e. The lowest BCUT2D eigenvalue weighted by Crippen LogP contribution is -2.13. The van der Waals surface area contributed by atoms with Crippen LogP contribution in [0.25, 0.3) is 6.08 Å². The van der Waals surface area contributed by atoms with E-state index in [-0.39, 0.29) is 5.57 Å². The summed E-state index contributed by atoms with van der Waals surface area (Å²) in [6, 6.07) is 13.9. The maximum atomic E-state index is 12.4. The van der Waals surface area contributed by atoms with Crippen molar-refractivity contribution < 1.29 is 9.53 Å². The van der Waals surface area contributed by atoms with E-state index < -0.39 is 5.91 Å². The van der Waals surface area contributed by atoms with Crippen LogP contribution in [0.2, 0.25) is 5.02 Å². The summed E-state index contributed by atoms with van der Waals surface area (Å²) in [5, 5.41) is 12.5. The van der Waals surface area contributed by atoms with Crippen LogP contribution in [0.15, 0.2) is 65.2 Å². The van der Waals surface area contributed by atoms with Gasteiger partial charge in [0.2, 0.25) is 0 Å². The molecule has 2 aromatic rings. The molecule has 126 valence electrons. The lowest BCUT2D eigenvalue weighted by molar-refractivity contribution is -0.112. The SMILES string of the molecule is C=CCOc1ccc(Br)cc1/C=C(\C#N)C(=O)Nc1cccc(Cl)c1. The van der Waals surface area contributed by atoms with Gasteiger partial charge >= 0.3 is 0 Å². The fourth-order valence-electron chi connectivity index (χ4n) is 1.98. The van der Waals surface area contributed by atoms with E-state index in [1.807, 2.05) is 12.1 Å². The van der Waals surface area contributed by atoms with Gasteiger partial charge in [0.05, 0.1) is 0 Å². The lowest BCUT2D eigenvalue weighted by atomic mass is 10.1. The number of rotatable bonds is 6. The number of hydrogen-bond donors (Lipinski definition) is 1. The minimum atomic E-state index is -0.528. The molecule has 0 spiro atoms. The molecule has 25 heavy (non-hydrogen) atoms. The van der Waals surface area contributed by atoms with Crippen LogP contribution in [0.4, 0.5) is 5.69 Å². The molecule has 6 heteroatoms. The standard InChI is InChI=1S/C19H14BrClN2O2/c1-2-8-25-18-7-6-15(20)10-13(18)9-14(12-22)19(24)23-17-5-3-4-16(21)11-17/h2-7,9-11H,1,8H2,(H,23,24)/b14-9+. The van der Waals surface area contributed by atoms with Crippen molar-refractivity contribution in [3.63, 3.8) is 0 Å². The van der Waals surface area contributed by atoms with Crippen molar-refractivity contribution in [2.24, 2.45) is 0 Å². The van der Waals surface area contributed by atoms with Crippen molar-refractivity contribution in [3.8, 4) is 11.8 Å². The minimum absolute atomic E-state index is 0.0541. The maximum absolute atomic E-state index is 12.4. The molecule has 0 fully saturated rings. The van der Waals surface area contributed by atoms with Crippen LogP contribution in [-0.4, -0.2) is 12.5 Å². The predicted molar refractivity (Wildman–Crippen MR) is 104 cm³/mol. The van der Waals surface area contributed by atoms with Gasteiger partial charge in [-0.3, -0.25) is 4.79 Å². The van der Waals surface area contributed by atoms with Crippen LogP contribution < -0.4 is 10.1 Å². The molecule has 1 N–H and O–H groups in total. The van der Waals surface area contributed by atoms with Gasteiger partial charge in [-0.15, -0.1) is 0 Å². The highest BCUT2D eigenvalue weighted by Crippen LogP contribution is 2.26. The fraction of sp³-hybridized carbons (Fsp3) is 0.0526. The first-order valence-electron chi connectivity index (χ1n) is 7.25. The summed E-state index contributed by atoms with van der Waals surface area (Å²) in [5.74, 6) is 0.0193. The summed E-state index contributed by atoms with van der Waals surface area (Å²) in [6.45, 7) is 3.92. The smallest absolute Gasteiger partial charge is 0.266 e. The number of carbonyl (C=O) groups excluding carboxylic acids is 1. The van der Waals surface area contributed by atoms with E-state index in [1.54, 1.807) is 42.5 Å². The van der Waals surface area contributed by atoms with Crippen LogP contribution in [0.5, 0.6) is 5.75 Å². The Bertz CT molecular complexity index is 872. The Kier molecular flexibility index (Phi) is 6.81. The second-order valence-electron chi connectivity index (χ2n) is 4.92. The van der Waals surface area contributed by atoms with Crippen LogP contribution >= 0.6 is 27.5 Å². The zero-order valence-corrected chi connectivity index (χ0v) is 15.5. The number of halogens is 2. The van der Waals surface area contributed by atoms with E-state index in [0.717, 1.165) is 4.47 Å². The molecule has 2 aromatic carbocycles. The Morgan fingerprint density at radius 2 is 2.16 bits per heavy atom. The Balaban J connectivity index is 2.30. The van der Waals surface area contributed by atoms with Gasteiger partial charge in [0.25, 0.3) is 5.91 Å². The first-order valence-corrected chi connectivity index (χ1v) is 8.42. The van der Waals surface area contributed by atoms with Gasteiger partial charge < -0.3 is 10.1 Å². The predicted octanol–water partition coefficient (Wildman–Crippen LogP) is 5.21. The molecule has 0 atom stereocenters. The normalized spacial score (nSPS) is 10.7. The second kappa shape index (κ2) is 9.07. The van der Waals surface area contributed by atoms with Crippen molar-refractivity contribution >= 4 is 45.2 Å². The summed E-state index contributed by atoms with van der Waals surface area (Å²) >= 11 is 9.27.